The summed E-state index contributed by atoms with van der Waals surface area (Å²) in [5, 5.41) is 1.28. The van der Waals surface area contributed by atoms with E-state index in [9.17, 15) is 4.79 Å². The number of allylic oxidation sites excluding steroid dienone is 1. The van der Waals surface area contributed by atoms with Crippen LogP contribution in [0.25, 0.3) is 6.08 Å². The maximum Gasteiger partial charge on any atom is 0.232 e. The smallest absolute Gasteiger partial charge is 0.232 e. The van der Waals surface area contributed by atoms with Crippen LogP contribution < -0.4 is 14.2 Å². The van der Waals surface area contributed by atoms with Gasteiger partial charge in [-0.2, -0.15) is 0 Å². The van der Waals surface area contributed by atoms with E-state index in [0.29, 0.717) is 47.0 Å². The summed E-state index contributed by atoms with van der Waals surface area (Å²) in [6, 6.07) is 15.1. The van der Waals surface area contributed by atoms with E-state index in [4.69, 9.17) is 37.4 Å². The molecule has 0 aromatic heterocycles. The van der Waals surface area contributed by atoms with Crippen LogP contribution in [0.2, 0.25) is 10.0 Å². The molecule has 5 rings (SSSR count). The summed E-state index contributed by atoms with van der Waals surface area (Å²) in [7, 11) is 0. The zero-order chi connectivity index (χ0) is 24.5. The Kier molecular flexibility index (Phi) is 6.74. The molecule has 3 aromatic rings. The van der Waals surface area contributed by atoms with Gasteiger partial charge in [0.1, 0.15) is 24.0 Å². The first kappa shape index (κ1) is 23.7. The number of aryl methyl sites for hydroxylation is 1. The number of fused-ring (bicyclic) bond motifs is 3. The van der Waals surface area contributed by atoms with Crippen LogP contribution in [0.3, 0.4) is 0 Å². The van der Waals surface area contributed by atoms with E-state index in [0.717, 1.165) is 46.7 Å². The van der Waals surface area contributed by atoms with Crippen molar-refractivity contribution < 1.29 is 19.0 Å². The summed E-state index contributed by atoms with van der Waals surface area (Å²) in [6.45, 7) is 6.28. The molecule has 0 saturated carbocycles. The van der Waals surface area contributed by atoms with Gasteiger partial charge in [0.25, 0.3) is 0 Å². The summed E-state index contributed by atoms with van der Waals surface area (Å²) >= 11 is 12.4. The molecule has 0 aliphatic carbocycles. The van der Waals surface area contributed by atoms with Gasteiger partial charge < -0.3 is 14.2 Å². The third-order valence-electron chi connectivity index (χ3n) is 6.19. The Balaban J connectivity index is 1.36. The summed E-state index contributed by atoms with van der Waals surface area (Å²) in [4.78, 5) is 15.4. The first-order valence-corrected chi connectivity index (χ1v) is 12.3. The van der Waals surface area contributed by atoms with Crippen molar-refractivity contribution in [2.75, 3.05) is 19.9 Å². The highest BCUT2D eigenvalue weighted by atomic mass is 35.5. The standard InChI is InChI=1S/C28H25Cl2NO4/c1-3-33-21-8-4-18(5-9-21)13-25-27(32)26-17(2)12-24-22(28(26)35-25)15-31(16-34-24)11-10-19-6-7-20(29)14-23(19)30/h4-9,12-14H,3,10-11,15-16H2,1-2H3/b25-13+. The molecule has 0 amide bonds. The lowest BCUT2D eigenvalue weighted by molar-refractivity contribution is 0.0949. The van der Waals surface area contributed by atoms with E-state index in [1.807, 2.05) is 56.3 Å². The van der Waals surface area contributed by atoms with Gasteiger partial charge >= 0.3 is 0 Å². The maximum absolute atomic E-state index is 13.2. The van der Waals surface area contributed by atoms with Crippen molar-refractivity contribution in [3.8, 4) is 17.2 Å². The average molecular weight is 510 g/mol. The Hall–Kier alpha value is -2.99. The Bertz CT molecular complexity index is 1320. The van der Waals surface area contributed by atoms with Gasteiger partial charge in [0.2, 0.25) is 5.78 Å². The van der Waals surface area contributed by atoms with Crippen LogP contribution in [-0.4, -0.2) is 30.6 Å². The monoisotopic (exact) mass is 509 g/mol. The summed E-state index contributed by atoms with van der Waals surface area (Å²) in [5.41, 5.74) is 4.24. The van der Waals surface area contributed by atoms with Gasteiger partial charge in [0, 0.05) is 23.1 Å². The molecule has 3 aromatic carbocycles. The van der Waals surface area contributed by atoms with E-state index in [2.05, 4.69) is 4.90 Å². The predicted molar refractivity (Wildman–Crippen MR) is 138 cm³/mol. The van der Waals surface area contributed by atoms with Gasteiger partial charge in [0.05, 0.1) is 17.7 Å². The normalized spacial score (nSPS) is 16.0. The number of carbonyl (C=O) groups is 1. The average Bonchev–Trinajstić information content (AvgIpc) is 3.17. The number of carbonyl (C=O) groups excluding carboxylic acids is 1. The minimum atomic E-state index is -0.112. The molecule has 180 valence electrons. The zero-order valence-electron chi connectivity index (χ0n) is 19.6. The molecule has 7 heteroatoms. The van der Waals surface area contributed by atoms with E-state index in [1.165, 1.54) is 0 Å². The van der Waals surface area contributed by atoms with Crippen LogP contribution in [-0.2, 0) is 13.0 Å². The second kappa shape index (κ2) is 9.94. The fourth-order valence-electron chi connectivity index (χ4n) is 4.40. The molecule has 5 nitrogen and oxygen atoms in total. The lowest BCUT2D eigenvalue weighted by Crippen LogP contribution is -2.34. The minimum Gasteiger partial charge on any atom is -0.494 e. The SMILES string of the molecule is CCOc1ccc(/C=C2/Oc3c4c(cc(C)c3C2=O)OCN(CCc2ccc(Cl)cc2Cl)C4)cc1. The molecule has 0 N–H and O–H groups in total. The van der Waals surface area contributed by atoms with Crippen molar-refractivity contribution in [1.82, 2.24) is 4.90 Å². The van der Waals surface area contributed by atoms with Crippen LogP contribution in [0.1, 0.15) is 39.5 Å². The molecule has 0 fully saturated rings. The number of ether oxygens (including phenoxy) is 3. The van der Waals surface area contributed by atoms with Gasteiger partial charge in [0.15, 0.2) is 5.76 Å². The van der Waals surface area contributed by atoms with Crippen molar-refractivity contribution in [1.29, 1.82) is 0 Å². The van der Waals surface area contributed by atoms with E-state index >= 15 is 0 Å². The molecule has 0 radical (unpaired) electrons. The van der Waals surface area contributed by atoms with Gasteiger partial charge in [-0.1, -0.05) is 41.4 Å². The van der Waals surface area contributed by atoms with Crippen molar-refractivity contribution in [2.24, 2.45) is 0 Å². The van der Waals surface area contributed by atoms with Crippen LogP contribution in [0, 0.1) is 6.92 Å². The molecule has 35 heavy (non-hydrogen) atoms. The van der Waals surface area contributed by atoms with Crippen molar-refractivity contribution in [2.45, 2.75) is 26.8 Å². The Labute approximate surface area is 214 Å². The quantitative estimate of drug-likeness (QED) is 0.345. The molecule has 0 bridgehead atoms. The second-order valence-electron chi connectivity index (χ2n) is 8.63. The number of Topliss-reactive ketones (excluding diaryl/α,β-unsaturated/α-hetero) is 1. The van der Waals surface area contributed by atoms with Crippen molar-refractivity contribution in [3.05, 3.63) is 92.2 Å². The third kappa shape index (κ3) is 4.90. The van der Waals surface area contributed by atoms with Crippen LogP contribution >= 0.6 is 23.2 Å². The molecule has 0 unspecified atom stereocenters. The first-order valence-electron chi connectivity index (χ1n) is 11.6. The molecule has 0 atom stereocenters. The van der Waals surface area contributed by atoms with E-state index in [-0.39, 0.29) is 5.78 Å². The van der Waals surface area contributed by atoms with E-state index < -0.39 is 0 Å². The van der Waals surface area contributed by atoms with Crippen LogP contribution in [0.15, 0.2) is 54.3 Å². The van der Waals surface area contributed by atoms with Gasteiger partial charge in [-0.25, -0.2) is 0 Å². The Morgan fingerprint density at radius 1 is 1.11 bits per heavy atom. The summed E-state index contributed by atoms with van der Waals surface area (Å²) in [6.07, 6.45) is 2.53. The molecular formula is C28H25Cl2NO4. The maximum atomic E-state index is 13.2. The van der Waals surface area contributed by atoms with Gasteiger partial charge in [-0.15, -0.1) is 0 Å². The largest absolute Gasteiger partial charge is 0.494 e. The lowest BCUT2D eigenvalue weighted by atomic mass is 9.98. The highest BCUT2D eigenvalue weighted by molar-refractivity contribution is 6.35. The fourth-order valence-corrected chi connectivity index (χ4v) is 4.90. The third-order valence-corrected chi connectivity index (χ3v) is 6.78. The highest BCUT2D eigenvalue weighted by Crippen LogP contribution is 2.44. The number of benzene rings is 3. The number of halogens is 2. The summed E-state index contributed by atoms with van der Waals surface area (Å²) < 4.78 is 17.7. The second-order valence-corrected chi connectivity index (χ2v) is 9.47. The number of hydrogen-bond acceptors (Lipinski definition) is 5. The zero-order valence-corrected chi connectivity index (χ0v) is 21.1. The molecule has 2 aliphatic rings. The number of nitrogens with zero attached hydrogens (tertiary/aromatic N) is 1. The fraction of sp³-hybridized carbons (Fsp3) is 0.250. The Morgan fingerprint density at radius 2 is 1.91 bits per heavy atom. The first-order chi connectivity index (χ1) is 16.9. The number of ketones is 1. The van der Waals surface area contributed by atoms with Crippen LogP contribution in [0.5, 0.6) is 17.2 Å². The highest BCUT2D eigenvalue weighted by Gasteiger charge is 2.35. The topological polar surface area (TPSA) is 48.0 Å². The lowest BCUT2D eigenvalue weighted by Gasteiger charge is -2.30. The number of rotatable bonds is 6. The molecule has 0 spiro atoms. The van der Waals surface area contributed by atoms with Gasteiger partial charge in [-0.05, 0) is 73.4 Å². The predicted octanol–water partition coefficient (Wildman–Crippen LogP) is 6.71. The molecule has 2 heterocycles. The van der Waals surface area contributed by atoms with Crippen molar-refractivity contribution in [3.63, 3.8) is 0 Å². The molecule has 0 saturated heterocycles. The minimum absolute atomic E-state index is 0.112. The van der Waals surface area contributed by atoms with Crippen molar-refractivity contribution >= 4 is 35.1 Å². The molecular weight excluding hydrogens is 485 g/mol. The van der Waals surface area contributed by atoms with E-state index in [1.54, 1.807) is 12.1 Å². The number of hydrogen-bond donors (Lipinski definition) is 0. The molecule has 2 aliphatic heterocycles. The summed E-state index contributed by atoms with van der Waals surface area (Å²) in [5.74, 6) is 2.34. The Morgan fingerprint density at radius 3 is 2.66 bits per heavy atom. The van der Waals surface area contributed by atoms with Crippen LogP contribution in [0.4, 0.5) is 0 Å². The van der Waals surface area contributed by atoms with Gasteiger partial charge in [-0.3, -0.25) is 9.69 Å².